The Morgan fingerprint density at radius 2 is 2.30 bits per heavy atom. The van der Waals surface area contributed by atoms with Crippen molar-refractivity contribution in [3.8, 4) is 0 Å². The highest BCUT2D eigenvalue weighted by Gasteiger charge is 2.15. The highest BCUT2D eigenvalue weighted by atomic mass is 35.5. The van der Waals surface area contributed by atoms with Crippen molar-refractivity contribution in [3.05, 3.63) is 22.5 Å². The van der Waals surface area contributed by atoms with E-state index >= 15 is 0 Å². The van der Waals surface area contributed by atoms with Crippen molar-refractivity contribution in [2.45, 2.75) is 6.92 Å². The third-order valence-electron chi connectivity index (χ3n) is 1.48. The number of allylic oxidation sites excluding steroid dienone is 3. The zero-order chi connectivity index (χ0) is 7.78. The first-order chi connectivity index (χ1) is 4.51. The lowest BCUT2D eigenvalue weighted by Crippen LogP contribution is -1.90. The molecule has 0 amide bonds. The fraction of sp³-hybridized carbons (Fsp3) is 0.429. The van der Waals surface area contributed by atoms with Crippen LogP contribution in [-0.4, -0.2) is 12.8 Å². The van der Waals surface area contributed by atoms with Gasteiger partial charge in [0.25, 0.3) is 0 Å². The summed E-state index contributed by atoms with van der Waals surface area (Å²) in [4.78, 5) is 0. The lowest BCUT2D eigenvalue weighted by Gasteiger charge is -2.12. The summed E-state index contributed by atoms with van der Waals surface area (Å²) in [6.07, 6.45) is 2.45. The third-order valence-corrected chi connectivity index (χ3v) is 3.77. The van der Waals surface area contributed by atoms with E-state index in [0.29, 0.717) is 6.16 Å². The summed E-state index contributed by atoms with van der Waals surface area (Å²) in [7, 11) is -2.00. The highest BCUT2D eigenvalue weighted by Crippen LogP contribution is 2.48. The van der Waals surface area contributed by atoms with E-state index in [4.69, 9.17) is 11.6 Å². The first kappa shape index (κ1) is 8.10. The van der Waals surface area contributed by atoms with Gasteiger partial charge < -0.3 is 4.57 Å². The molecule has 0 radical (unpaired) electrons. The van der Waals surface area contributed by atoms with Crippen molar-refractivity contribution >= 4 is 18.7 Å². The summed E-state index contributed by atoms with van der Waals surface area (Å²) in [6, 6.07) is 0. The smallest absolute Gasteiger partial charge is 0.109 e. The van der Waals surface area contributed by atoms with Crippen molar-refractivity contribution in [3.63, 3.8) is 0 Å². The van der Waals surface area contributed by atoms with Crippen LogP contribution in [0.25, 0.3) is 0 Å². The summed E-state index contributed by atoms with van der Waals surface area (Å²) in [6.45, 7) is 3.66. The van der Waals surface area contributed by atoms with Gasteiger partial charge in [-0.1, -0.05) is 17.7 Å². The van der Waals surface area contributed by atoms with Gasteiger partial charge >= 0.3 is 0 Å². The van der Waals surface area contributed by atoms with Gasteiger partial charge in [-0.05, 0) is 25.0 Å². The Labute approximate surface area is 66.1 Å². The quantitative estimate of drug-likeness (QED) is 0.519. The summed E-state index contributed by atoms with van der Waals surface area (Å²) >= 11 is 5.77. The van der Waals surface area contributed by atoms with Gasteiger partial charge in [0.15, 0.2) is 0 Å². The Hall–Kier alpha value is -0.0000000000000000555. The minimum Gasteiger partial charge on any atom is -0.319 e. The van der Waals surface area contributed by atoms with Crippen LogP contribution in [0.15, 0.2) is 22.5 Å². The molecular formula is C7H10ClOP. The summed E-state index contributed by atoms with van der Waals surface area (Å²) in [5.74, 6) is 1.79. The van der Waals surface area contributed by atoms with Crippen LogP contribution >= 0.6 is 18.7 Å². The van der Waals surface area contributed by atoms with Gasteiger partial charge in [-0.15, -0.1) is 0 Å². The number of rotatable bonds is 0. The van der Waals surface area contributed by atoms with E-state index < -0.39 is 7.14 Å². The van der Waals surface area contributed by atoms with Crippen LogP contribution in [0.3, 0.4) is 0 Å². The molecule has 0 N–H and O–H groups in total. The van der Waals surface area contributed by atoms with Gasteiger partial charge in [-0.25, -0.2) is 0 Å². The van der Waals surface area contributed by atoms with E-state index in [9.17, 15) is 4.57 Å². The van der Waals surface area contributed by atoms with Gasteiger partial charge in [-0.3, -0.25) is 0 Å². The molecule has 0 saturated carbocycles. The van der Waals surface area contributed by atoms with E-state index in [1.807, 2.05) is 13.0 Å². The van der Waals surface area contributed by atoms with Crippen molar-refractivity contribution in [2.75, 3.05) is 12.8 Å². The van der Waals surface area contributed by atoms with Crippen molar-refractivity contribution in [1.29, 1.82) is 0 Å². The molecular weight excluding hydrogens is 167 g/mol. The molecule has 0 fully saturated rings. The molecule has 1 nitrogen and oxygen atoms in total. The standard InChI is InChI=1S/C7H10ClOP/c1-6-5-10(2,9)4-3-7(6)8/h3,5H,4H2,1-2H3. The van der Waals surface area contributed by atoms with Crippen molar-refractivity contribution < 1.29 is 4.57 Å². The fourth-order valence-corrected chi connectivity index (χ4v) is 2.87. The van der Waals surface area contributed by atoms with Crippen LogP contribution in [0, 0.1) is 0 Å². The van der Waals surface area contributed by atoms with Crippen LogP contribution in [0.2, 0.25) is 0 Å². The van der Waals surface area contributed by atoms with Gasteiger partial charge in [0.05, 0.1) is 0 Å². The molecule has 0 spiro atoms. The number of halogens is 1. The fourth-order valence-electron chi connectivity index (χ4n) is 0.946. The minimum absolute atomic E-state index is 0.614. The molecule has 1 aliphatic rings. The third kappa shape index (κ3) is 1.74. The zero-order valence-corrected chi connectivity index (χ0v) is 7.75. The van der Waals surface area contributed by atoms with E-state index in [1.165, 1.54) is 0 Å². The molecule has 0 aliphatic carbocycles. The second-order valence-electron chi connectivity index (χ2n) is 2.72. The molecule has 1 rings (SSSR count). The Morgan fingerprint density at radius 1 is 1.70 bits per heavy atom. The molecule has 1 aliphatic heterocycles. The predicted octanol–water partition coefficient (Wildman–Crippen LogP) is 3.02. The van der Waals surface area contributed by atoms with Gasteiger partial charge in [0.1, 0.15) is 7.14 Å². The number of hydrogen-bond donors (Lipinski definition) is 0. The SMILES string of the molecule is CC1=CP(C)(=O)CC=C1Cl. The molecule has 0 aromatic heterocycles. The summed E-state index contributed by atoms with van der Waals surface area (Å²) < 4.78 is 11.4. The van der Waals surface area contributed by atoms with E-state index in [-0.39, 0.29) is 0 Å². The van der Waals surface area contributed by atoms with Crippen LogP contribution in [0.4, 0.5) is 0 Å². The predicted molar refractivity (Wildman–Crippen MR) is 46.1 cm³/mol. The van der Waals surface area contributed by atoms with E-state index in [0.717, 1.165) is 10.6 Å². The average molecular weight is 177 g/mol. The monoisotopic (exact) mass is 176 g/mol. The maximum absolute atomic E-state index is 11.4. The molecule has 0 aromatic rings. The first-order valence-electron chi connectivity index (χ1n) is 3.13. The van der Waals surface area contributed by atoms with Gasteiger partial charge in [0.2, 0.25) is 0 Å². The Bertz CT molecular complexity index is 252. The molecule has 56 valence electrons. The Morgan fingerprint density at radius 3 is 2.70 bits per heavy atom. The topological polar surface area (TPSA) is 17.1 Å². The lowest BCUT2D eigenvalue weighted by molar-refractivity contribution is 0.585. The summed E-state index contributed by atoms with van der Waals surface area (Å²) in [5, 5.41) is 0.744. The molecule has 1 atom stereocenters. The van der Waals surface area contributed by atoms with E-state index in [1.54, 1.807) is 12.5 Å². The molecule has 0 aromatic carbocycles. The summed E-state index contributed by atoms with van der Waals surface area (Å²) in [5.41, 5.74) is 0.943. The van der Waals surface area contributed by atoms with Gasteiger partial charge in [-0.2, -0.15) is 0 Å². The Balaban J connectivity index is 2.98. The molecule has 1 unspecified atom stereocenters. The second-order valence-corrected chi connectivity index (χ2v) is 6.10. The van der Waals surface area contributed by atoms with Gasteiger partial charge in [0, 0.05) is 11.2 Å². The largest absolute Gasteiger partial charge is 0.319 e. The second kappa shape index (κ2) is 2.56. The molecule has 3 heteroatoms. The molecule has 0 bridgehead atoms. The maximum Gasteiger partial charge on any atom is 0.109 e. The van der Waals surface area contributed by atoms with Crippen LogP contribution in [0.1, 0.15) is 6.92 Å². The number of hydrogen-bond acceptors (Lipinski definition) is 1. The van der Waals surface area contributed by atoms with E-state index in [2.05, 4.69) is 0 Å². The molecule has 1 heterocycles. The lowest BCUT2D eigenvalue weighted by atomic mass is 10.3. The van der Waals surface area contributed by atoms with Crippen LogP contribution < -0.4 is 0 Å². The maximum atomic E-state index is 11.4. The zero-order valence-electron chi connectivity index (χ0n) is 6.10. The van der Waals surface area contributed by atoms with Crippen LogP contribution in [-0.2, 0) is 4.57 Å². The molecule has 10 heavy (non-hydrogen) atoms. The first-order valence-corrected chi connectivity index (χ1v) is 5.92. The average Bonchev–Trinajstić information content (AvgIpc) is 1.79. The van der Waals surface area contributed by atoms with Crippen LogP contribution in [0.5, 0.6) is 0 Å². The molecule has 0 saturated heterocycles. The van der Waals surface area contributed by atoms with Crippen molar-refractivity contribution in [1.82, 2.24) is 0 Å². The minimum atomic E-state index is -2.00. The Kier molecular flexibility index (Phi) is 2.07. The highest BCUT2D eigenvalue weighted by molar-refractivity contribution is 7.66. The normalized spacial score (nSPS) is 33.1. The van der Waals surface area contributed by atoms with Crippen molar-refractivity contribution in [2.24, 2.45) is 0 Å².